The summed E-state index contributed by atoms with van der Waals surface area (Å²) in [7, 11) is 7.49. The van der Waals surface area contributed by atoms with E-state index in [0.717, 1.165) is 68.0 Å². The summed E-state index contributed by atoms with van der Waals surface area (Å²) in [5.74, 6) is 0.904. The molecule has 5 rings (SSSR count). The van der Waals surface area contributed by atoms with E-state index in [4.69, 9.17) is 14.5 Å². The van der Waals surface area contributed by atoms with E-state index in [-0.39, 0.29) is 0 Å². The SMILES string of the molecule is COc1ccc2cc(C(O)(CCCCN(C)C)C(c3ccccc3)c3cc4ccc(Br)cc4nc3OC)ccc2c1. The van der Waals surface area contributed by atoms with Crippen molar-refractivity contribution >= 4 is 37.6 Å². The van der Waals surface area contributed by atoms with Gasteiger partial charge in [0.2, 0.25) is 5.88 Å². The van der Waals surface area contributed by atoms with Crippen molar-refractivity contribution in [2.75, 3.05) is 34.9 Å². The third kappa shape index (κ3) is 6.25. The lowest BCUT2D eigenvalue weighted by Gasteiger charge is -2.38. The normalized spacial score (nSPS) is 13.8. The lowest BCUT2D eigenvalue weighted by Crippen LogP contribution is -2.35. The van der Waals surface area contributed by atoms with Gasteiger partial charge in [-0.2, -0.15) is 0 Å². The third-order valence-corrected chi connectivity index (χ3v) is 8.34. The van der Waals surface area contributed by atoms with E-state index >= 15 is 0 Å². The Balaban J connectivity index is 1.73. The van der Waals surface area contributed by atoms with Gasteiger partial charge in [-0.25, -0.2) is 4.98 Å². The second-order valence-corrected chi connectivity index (χ2v) is 11.8. The number of pyridine rings is 1. The van der Waals surface area contributed by atoms with Crippen molar-refractivity contribution in [2.45, 2.75) is 30.8 Å². The molecule has 6 heteroatoms. The highest BCUT2D eigenvalue weighted by Gasteiger charge is 2.42. The van der Waals surface area contributed by atoms with E-state index in [1.54, 1.807) is 14.2 Å². The van der Waals surface area contributed by atoms with Gasteiger partial charge in [0.1, 0.15) is 11.4 Å². The molecule has 1 N–H and O–H groups in total. The predicted octanol–water partition coefficient (Wildman–Crippen LogP) is 7.92. The molecule has 0 aliphatic rings. The molecule has 0 bridgehead atoms. The number of aliphatic hydroxyl groups is 1. The van der Waals surface area contributed by atoms with Crippen LogP contribution < -0.4 is 9.47 Å². The molecule has 212 valence electrons. The summed E-state index contributed by atoms with van der Waals surface area (Å²) in [6.07, 6.45) is 2.40. The number of unbranched alkanes of at least 4 members (excludes halogenated alkanes) is 1. The van der Waals surface area contributed by atoms with Crippen LogP contribution in [0.3, 0.4) is 0 Å². The minimum Gasteiger partial charge on any atom is -0.497 e. The van der Waals surface area contributed by atoms with Crippen molar-refractivity contribution in [3.05, 3.63) is 112 Å². The van der Waals surface area contributed by atoms with E-state index in [9.17, 15) is 5.11 Å². The second-order valence-electron chi connectivity index (χ2n) is 10.9. The van der Waals surface area contributed by atoms with Crippen LogP contribution in [-0.4, -0.2) is 49.9 Å². The van der Waals surface area contributed by atoms with Crippen LogP contribution in [0.5, 0.6) is 11.6 Å². The van der Waals surface area contributed by atoms with Crippen molar-refractivity contribution < 1.29 is 14.6 Å². The van der Waals surface area contributed by atoms with Crippen LogP contribution in [0.4, 0.5) is 0 Å². The van der Waals surface area contributed by atoms with Crippen LogP contribution in [0, 0.1) is 0 Å². The Morgan fingerprint density at radius 1 is 0.829 bits per heavy atom. The number of rotatable bonds is 11. The average Bonchev–Trinajstić information content (AvgIpc) is 2.99. The zero-order chi connectivity index (χ0) is 29.0. The second kappa shape index (κ2) is 12.6. The Hall–Kier alpha value is -3.45. The number of fused-ring (bicyclic) bond motifs is 2. The molecule has 2 atom stereocenters. The van der Waals surface area contributed by atoms with Gasteiger partial charge < -0.3 is 19.5 Å². The number of benzene rings is 4. The molecule has 0 amide bonds. The molecule has 0 aliphatic heterocycles. The smallest absolute Gasteiger partial charge is 0.217 e. The van der Waals surface area contributed by atoms with Gasteiger partial charge in [0.05, 0.1) is 19.7 Å². The Bertz CT molecular complexity index is 1640. The van der Waals surface area contributed by atoms with Crippen LogP contribution in [0.2, 0.25) is 0 Å². The summed E-state index contributed by atoms with van der Waals surface area (Å²) in [4.78, 5) is 7.10. The fraction of sp³-hybridized carbons (Fsp3) is 0.286. The fourth-order valence-electron chi connectivity index (χ4n) is 5.77. The van der Waals surface area contributed by atoms with E-state index in [2.05, 4.69) is 83.5 Å². The maximum absolute atomic E-state index is 13.1. The molecule has 2 unspecified atom stereocenters. The Labute approximate surface area is 250 Å². The maximum Gasteiger partial charge on any atom is 0.217 e. The Morgan fingerprint density at radius 2 is 1.56 bits per heavy atom. The number of hydrogen-bond acceptors (Lipinski definition) is 5. The summed E-state index contributed by atoms with van der Waals surface area (Å²) in [6, 6.07) is 30.7. The van der Waals surface area contributed by atoms with Crippen LogP contribution >= 0.6 is 15.9 Å². The number of methoxy groups -OCH3 is 2. The standard InChI is InChI=1S/C35H37BrN2O3/c1-38(2)19-9-8-18-35(39,28-15-12-26-21-30(40-3)17-14-25(26)20-28)33(24-10-6-5-7-11-24)31-22-27-13-16-29(36)23-32(27)37-34(31)41-4/h5-7,10-17,20-23,33,39H,8-9,18-19H2,1-4H3. The van der Waals surface area contributed by atoms with Gasteiger partial charge in [-0.1, -0.05) is 70.5 Å². The topological polar surface area (TPSA) is 54.8 Å². The minimum atomic E-state index is -1.24. The highest BCUT2D eigenvalue weighted by Crippen LogP contribution is 2.48. The first-order valence-electron chi connectivity index (χ1n) is 14.0. The van der Waals surface area contributed by atoms with Crippen LogP contribution in [0.1, 0.15) is 41.9 Å². The number of aromatic nitrogens is 1. The van der Waals surface area contributed by atoms with Gasteiger partial charge in [-0.3, -0.25) is 0 Å². The Kier molecular flexibility index (Phi) is 8.93. The maximum atomic E-state index is 13.1. The molecule has 0 spiro atoms. The minimum absolute atomic E-state index is 0.422. The summed E-state index contributed by atoms with van der Waals surface area (Å²) in [5, 5.41) is 16.2. The zero-order valence-corrected chi connectivity index (χ0v) is 25.7. The van der Waals surface area contributed by atoms with Gasteiger partial charge in [0, 0.05) is 21.3 Å². The first-order valence-corrected chi connectivity index (χ1v) is 14.8. The first kappa shape index (κ1) is 29.1. The molecule has 1 heterocycles. The van der Waals surface area contributed by atoms with Crippen molar-refractivity contribution in [1.82, 2.24) is 9.88 Å². The molecule has 0 radical (unpaired) electrons. The molecule has 0 fully saturated rings. The summed E-state index contributed by atoms with van der Waals surface area (Å²) in [6.45, 7) is 0.958. The molecule has 41 heavy (non-hydrogen) atoms. The molecule has 0 saturated heterocycles. The lowest BCUT2D eigenvalue weighted by atomic mass is 9.71. The summed E-state index contributed by atoms with van der Waals surface area (Å²) < 4.78 is 12.3. The third-order valence-electron chi connectivity index (χ3n) is 7.85. The van der Waals surface area contributed by atoms with E-state index < -0.39 is 11.5 Å². The van der Waals surface area contributed by atoms with Gasteiger partial charge in [-0.05, 0) is 98.2 Å². The molecule has 5 nitrogen and oxygen atoms in total. The van der Waals surface area contributed by atoms with E-state index in [1.807, 2.05) is 42.5 Å². The molecule has 1 aromatic heterocycles. The largest absolute Gasteiger partial charge is 0.497 e. The van der Waals surface area contributed by atoms with Crippen molar-refractivity contribution in [2.24, 2.45) is 0 Å². The Morgan fingerprint density at radius 3 is 2.29 bits per heavy atom. The van der Waals surface area contributed by atoms with Crippen molar-refractivity contribution in [3.63, 3.8) is 0 Å². The number of nitrogens with zero attached hydrogens (tertiary/aromatic N) is 2. The quantitative estimate of drug-likeness (QED) is 0.154. The highest BCUT2D eigenvalue weighted by atomic mass is 79.9. The van der Waals surface area contributed by atoms with Gasteiger partial charge in [0.15, 0.2) is 0 Å². The van der Waals surface area contributed by atoms with Gasteiger partial charge in [-0.15, -0.1) is 0 Å². The van der Waals surface area contributed by atoms with E-state index in [0.29, 0.717) is 12.3 Å². The molecule has 5 aromatic rings. The monoisotopic (exact) mass is 612 g/mol. The van der Waals surface area contributed by atoms with Crippen molar-refractivity contribution in [3.8, 4) is 11.6 Å². The van der Waals surface area contributed by atoms with Gasteiger partial charge >= 0.3 is 0 Å². The summed E-state index contributed by atoms with van der Waals surface area (Å²) >= 11 is 3.57. The number of hydrogen-bond donors (Lipinski definition) is 1. The molecular weight excluding hydrogens is 576 g/mol. The number of halogens is 1. The molecule has 0 saturated carbocycles. The fourth-order valence-corrected chi connectivity index (χ4v) is 6.11. The van der Waals surface area contributed by atoms with E-state index in [1.165, 1.54) is 0 Å². The molecule has 0 aliphatic carbocycles. The first-order chi connectivity index (χ1) is 19.8. The molecule has 4 aromatic carbocycles. The zero-order valence-electron chi connectivity index (χ0n) is 24.1. The number of ether oxygens (including phenoxy) is 2. The predicted molar refractivity (Wildman–Crippen MR) is 171 cm³/mol. The highest BCUT2D eigenvalue weighted by molar-refractivity contribution is 9.10. The van der Waals surface area contributed by atoms with Gasteiger partial charge in [0.25, 0.3) is 0 Å². The van der Waals surface area contributed by atoms with Crippen LogP contribution in [-0.2, 0) is 5.60 Å². The lowest BCUT2D eigenvalue weighted by molar-refractivity contribution is 0.00690. The van der Waals surface area contributed by atoms with Crippen molar-refractivity contribution in [1.29, 1.82) is 0 Å². The average molecular weight is 614 g/mol. The van der Waals surface area contributed by atoms with Crippen LogP contribution in [0.25, 0.3) is 21.7 Å². The summed E-state index contributed by atoms with van der Waals surface area (Å²) in [5.41, 5.74) is 2.33. The molecular formula is C35H37BrN2O3. The van der Waals surface area contributed by atoms with Crippen LogP contribution in [0.15, 0.2) is 95.5 Å².